The summed E-state index contributed by atoms with van der Waals surface area (Å²) in [6, 6.07) is 2.04. The predicted molar refractivity (Wildman–Crippen MR) is 76.4 cm³/mol. The summed E-state index contributed by atoms with van der Waals surface area (Å²) < 4.78 is 35.5. The number of aromatic nitrogens is 2. The molecule has 1 unspecified atom stereocenters. The van der Waals surface area contributed by atoms with Crippen molar-refractivity contribution in [2.45, 2.75) is 19.9 Å². The topological polar surface area (TPSA) is 39.1 Å². The van der Waals surface area contributed by atoms with E-state index < -0.39 is 17.7 Å². The van der Waals surface area contributed by atoms with Crippen molar-refractivity contribution in [1.29, 1.82) is 0 Å². The molecule has 1 aromatic heterocycles. The maximum atomic E-state index is 14.4. The summed E-state index contributed by atoms with van der Waals surface area (Å²) in [4.78, 5) is 0. The summed E-state index contributed by atoms with van der Waals surface area (Å²) >= 11 is 0. The number of hydrogen-bond acceptors (Lipinski definition) is 3. The summed E-state index contributed by atoms with van der Waals surface area (Å²) in [5.74, 6) is -0.653. The van der Waals surface area contributed by atoms with E-state index >= 15 is 0 Å². The van der Waals surface area contributed by atoms with E-state index in [2.05, 4.69) is 10.4 Å². The average Bonchev–Trinajstić information content (AvgIpc) is 2.83. The standard InChI is InChI=1S/C15H19F2N3O/c1-5-18-14(15-11(21-4)8-19-20(15)3)12-10(16)7-6-9(2)13(12)17/h6-8,14,18H,5H2,1-4H3. The molecule has 0 bridgehead atoms. The van der Waals surface area contributed by atoms with Gasteiger partial charge in [-0.05, 0) is 25.1 Å². The van der Waals surface area contributed by atoms with Gasteiger partial charge in [-0.3, -0.25) is 4.68 Å². The van der Waals surface area contributed by atoms with Crippen LogP contribution in [0, 0.1) is 18.6 Å². The second-order valence-electron chi connectivity index (χ2n) is 4.80. The van der Waals surface area contributed by atoms with Crippen molar-refractivity contribution in [3.63, 3.8) is 0 Å². The van der Waals surface area contributed by atoms with Crippen LogP contribution in [0.25, 0.3) is 0 Å². The monoisotopic (exact) mass is 295 g/mol. The van der Waals surface area contributed by atoms with Crippen molar-refractivity contribution in [3.05, 3.63) is 46.8 Å². The van der Waals surface area contributed by atoms with Gasteiger partial charge >= 0.3 is 0 Å². The molecular weight excluding hydrogens is 276 g/mol. The Kier molecular flexibility index (Phi) is 4.57. The Morgan fingerprint density at radius 3 is 2.71 bits per heavy atom. The van der Waals surface area contributed by atoms with E-state index in [1.165, 1.54) is 25.4 Å². The molecule has 0 aliphatic carbocycles. The van der Waals surface area contributed by atoms with Crippen LogP contribution >= 0.6 is 0 Å². The molecule has 0 aliphatic rings. The van der Waals surface area contributed by atoms with E-state index in [0.29, 0.717) is 23.6 Å². The van der Waals surface area contributed by atoms with Gasteiger partial charge in [0.25, 0.3) is 0 Å². The zero-order chi connectivity index (χ0) is 15.6. The molecule has 1 heterocycles. The van der Waals surface area contributed by atoms with Gasteiger partial charge in [0.1, 0.15) is 17.3 Å². The van der Waals surface area contributed by atoms with Gasteiger partial charge in [0, 0.05) is 12.6 Å². The fourth-order valence-corrected chi connectivity index (χ4v) is 2.40. The van der Waals surface area contributed by atoms with Crippen molar-refractivity contribution < 1.29 is 13.5 Å². The van der Waals surface area contributed by atoms with Crippen LogP contribution in [0.1, 0.15) is 29.8 Å². The van der Waals surface area contributed by atoms with Crippen LogP contribution in [0.2, 0.25) is 0 Å². The molecule has 114 valence electrons. The van der Waals surface area contributed by atoms with Crippen molar-refractivity contribution in [3.8, 4) is 5.75 Å². The number of benzene rings is 1. The molecular formula is C15H19F2N3O. The number of nitrogens with one attached hydrogen (secondary N) is 1. The highest BCUT2D eigenvalue weighted by Crippen LogP contribution is 2.33. The number of aryl methyl sites for hydroxylation is 2. The van der Waals surface area contributed by atoms with Crippen LogP contribution in [-0.2, 0) is 7.05 Å². The van der Waals surface area contributed by atoms with Crippen LogP contribution in [0.4, 0.5) is 8.78 Å². The molecule has 0 saturated carbocycles. The lowest BCUT2D eigenvalue weighted by molar-refractivity contribution is 0.397. The molecule has 6 heteroatoms. The Labute approximate surface area is 122 Å². The van der Waals surface area contributed by atoms with E-state index in [0.717, 1.165) is 0 Å². The molecule has 0 fully saturated rings. The number of rotatable bonds is 5. The number of halogens is 2. The lowest BCUT2D eigenvalue weighted by Crippen LogP contribution is -2.27. The first-order chi connectivity index (χ1) is 10.0. The highest BCUT2D eigenvalue weighted by atomic mass is 19.1. The molecule has 2 aromatic rings. The zero-order valence-electron chi connectivity index (χ0n) is 12.6. The van der Waals surface area contributed by atoms with Crippen LogP contribution in [-0.4, -0.2) is 23.4 Å². The third-order valence-electron chi connectivity index (χ3n) is 3.46. The Hall–Kier alpha value is -1.95. The molecule has 0 aliphatic heterocycles. The van der Waals surface area contributed by atoms with E-state index in [1.54, 1.807) is 18.7 Å². The lowest BCUT2D eigenvalue weighted by atomic mass is 9.99. The van der Waals surface area contributed by atoms with Crippen molar-refractivity contribution in [2.24, 2.45) is 7.05 Å². The molecule has 4 nitrogen and oxygen atoms in total. The van der Waals surface area contributed by atoms with Gasteiger partial charge in [0.05, 0.1) is 19.3 Å². The smallest absolute Gasteiger partial charge is 0.161 e. The van der Waals surface area contributed by atoms with Gasteiger partial charge in [-0.25, -0.2) is 8.78 Å². The Morgan fingerprint density at radius 1 is 1.38 bits per heavy atom. The third-order valence-corrected chi connectivity index (χ3v) is 3.46. The second kappa shape index (κ2) is 6.22. The predicted octanol–water partition coefficient (Wildman–Crippen LogP) is 2.71. The quantitative estimate of drug-likeness (QED) is 0.922. The number of methoxy groups -OCH3 is 1. The summed E-state index contributed by atoms with van der Waals surface area (Å²) in [6.07, 6.45) is 1.53. The SMILES string of the molecule is CCNC(c1c(F)ccc(C)c1F)c1c(OC)cnn1C. The molecule has 21 heavy (non-hydrogen) atoms. The maximum absolute atomic E-state index is 14.4. The average molecular weight is 295 g/mol. The van der Waals surface area contributed by atoms with Crippen LogP contribution < -0.4 is 10.1 Å². The van der Waals surface area contributed by atoms with Gasteiger partial charge in [-0.1, -0.05) is 13.0 Å². The Balaban J connectivity index is 2.64. The molecule has 0 saturated heterocycles. The molecule has 0 spiro atoms. The zero-order valence-corrected chi connectivity index (χ0v) is 12.6. The molecule has 0 amide bonds. The van der Waals surface area contributed by atoms with Crippen LogP contribution in [0.5, 0.6) is 5.75 Å². The van der Waals surface area contributed by atoms with Crippen molar-refractivity contribution in [1.82, 2.24) is 15.1 Å². The maximum Gasteiger partial charge on any atom is 0.161 e. The molecule has 1 atom stereocenters. The lowest BCUT2D eigenvalue weighted by Gasteiger charge is -2.21. The van der Waals surface area contributed by atoms with Gasteiger partial charge in [-0.15, -0.1) is 0 Å². The first-order valence-corrected chi connectivity index (χ1v) is 6.75. The van der Waals surface area contributed by atoms with E-state index in [4.69, 9.17) is 4.74 Å². The van der Waals surface area contributed by atoms with E-state index in [9.17, 15) is 8.78 Å². The fraction of sp³-hybridized carbons (Fsp3) is 0.400. The fourth-order valence-electron chi connectivity index (χ4n) is 2.40. The van der Waals surface area contributed by atoms with Crippen LogP contribution in [0.3, 0.4) is 0 Å². The van der Waals surface area contributed by atoms with Gasteiger partial charge in [0.2, 0.25) is 0 Å². The largest absolute Gasteiger partial charge is 0.493 e. The molecule has 2 rings (SSSR count). The summed E-state index contributed by atoms with van der Waals surface area (Å²) in [7, 11) is 3.22. The minimum absolute atomic E-state index is 0.0150. The van der Waals surface area contributed by atoms with Gasteiger partial charge < -0.3 is 10.1 Å². The minimum Gasteiger partial charge on any atom is -0.493 e. The summed E-state index contributed by atoms with van der Waals surface area (Å²) in [6.45, 7) is 4.04. The molecule has 0 radical (unpaired) electrons. The third kappa shape index (κ3) is 2.76. The first-order valence-electron chi connectivity index (χ1n) is 6.75. The highest BCUT2D eigenvalue weighted by molar-refractivity contribution is 5.39. The van der Waals surface area contributed by atoms with Crippen molar-refractivity contribution >= 4 is 0 Å². The number of ether oxygens (including phenoxy) is 1. The first kappa shape index (κ1) is 15.4. The Bertz CT molecular complexity index is 640. The van der Waals surface area contributed by atoms with E-state index in [1.807, 2.05) is 6.92 Å². The summed E-state index contributed by atoms with van der Waals surface area (Å²) in [5, 5.41) is 7.21. The van der Waals surface area contributed by atoms with Crippen molar-refractivity contribution in [2.75, 3.05) is 13.7 Å². The summed E-state index contributed by atoms with van der Waals surface area (Å²) in [5.41, 5.74) is 0.969. The molecule has 1 aromatic carbocycles. The highest BCUT2D eigenvalue weighted by Gasteiger charge is 2.28. The second-order valence-corrected chi connectivity index (χ2v) is 4.80. The normalized spacial score (nSPS) is 12.5. The Morgan fingerprint density at radius 2 is 2.10 bits per heavy atom. The van der Waals surface area contributed by atoms with E-state index in [-0.39, 0.29) is 5.56 Å². The number of hydrogen-bond donors (Lipinski definition) is 1. The minimum atomic E-state index is -0.669. The number of nitrogens with zero attached hydrogens (tertiary/aromatic N) is 2. The van der Waals surface area contributed by atoms with Crippen LogP contribution in [0.15, 0.2) is 18.3 Å². The van der Waals surface area contributed by atoms with Gasteiger partial charge in [-0.2, -0.15) is 5.10 Å². The van der Waals surface area contributed by atoms with Gasteiger partial charge in [0.15, 0.2) is 5.75 Å². The molecule has 1 N–H and O–H groups in total.